The van der Waals surface area contributed by atoms with E-state index in [1.54, 1.807) is 6.92 Å². The molecule has 0 heterocycles. The van der Waals surface area contributed by atoms with Crippen molar-refractivity contribution in [2.75, 3.05) is 6.61 Å². The minimum atomic E-state index is -1.22. The second-order valence-corrected chi connectivity index (χ2v) is 7.79. The van der Waals surface area contributed by atoms with Crippen LogP contribution >= 0.6 is 0 Å². The molecule has 0 aliphatic rings. The summed E-state index contributed by atoms with van der Waals surface area (Å²) in [4.78, 5) is 46.2. The standard InChI is InChI=1S/C19H35N3O7/c1-11(2)9-12(3)17(25)22-15(19(28)29)7-8-16(24)21-13(10-23)5-4-6-14(20)18(26)27/h11-15,23H,4-10,20H2,1-3H3,(H,21,24)(H,22,25)(H,26,27)(H,28,29)/t12-,13-,14+,15+/m0/s1. The zero-order chi connectivity index (χ0) is 22.6. The number of carbonyl (C=O) groups excluding carboxylic acids is 2. The maximum absolute atomic E-state index is 12.1. The number of aliphatic hydroxyl groups excluding tert-OH is 1. The molecule has 10 nitrogen and oxygen atoms in total. The minimum Gasteiger partial charge on any atom is -0.480 e. The molecule has 4 atom stereocenters. The van der Waals surface area contributed by atoms with Crippen LogP contribution in [0, 0.1) is 11.8 Å². The van der Waals surface area contributed by atoms with Gasteiger partial charge in [0.25, 0.3) is 0 Å². The molecule has 0 saturated carbocycles. The highest BCUT2D eigenvalue weighted by Crippen LogP contribution is 2.12. The van der Waals surface area contributed by atoms with Crippen molar-refractivity contribution in [1.29, 1.82) is 0 Å². The third kappa shape index (κ3) is 12.1. The molecule has 0 aliphatic carbocycles. The van der Waals surface area contributed by atoms with Crippen molar-refractivity contribution in [3.63, 3.8) is 0 Å². The Labute approximate surface area is 171 Å². The maximum atomic E-state index is 12.1. The molecule has 0 fully saturated rings. The molecule has 29 heavy (non-hydrogen) atoms. The zero-order valence-electron chi connectivity index (χ0n) is 17.4. The third-order valence-corrected chi connectivity index (χ3v) is 4.52. The number of hydrogen-bond acceptors (Lipinski definition) is 6. The highest BCUT2D eigenvalue weighted by atomic mass is 16.4. The molecular weight excluding hydrogens is 382 g/mol. The van der Waals surface area contributed by atoms with Crippen LogP contribution in [0.5, 0.6) is 0 Å². The van der Waals surface area contributed by atoms with Crippen LogP contribution < -0.4 is 16.4 Å². The molecule has 2 amide bonds. The monoisotopic (exact) mass is 417 g/mol. The molecule has 7 N–H and O–H groups in total. The Bertz CT molecular complexity index is 554. The molecule has 10 heteroatoms. The van der Waals surface area contributed by atoms with Crippen LogP contribution in [0.2, 0.25) is 0 Å². The van der Waals surface area contributed by atoms with Gasteiger partial charge in [0.05, 0.1) is 12.6 Å². The van der Waals surface area contributed by atoms with Crippen molar-refractivity contribution in [2.24, 2.45) is 17.6 Å². The number of aliphatic hydroxyl groups is 1. The first-order valence-electron chi connectivity index (χ1n) is 9.89. The molecule has 0 spiro atoms. The molecule has 0 aromatic rings. The maximum Gasteiger partial charge on any atom is 0.326 e. The van der Waals surface area contributed by atoms with Crippen molar-refractivity contribution in [3.8, 4) is 0 Å². The molecule has 0 bridgehead atoms. The van der Waals surface area contributed by atoms with Gasteiger partial charge in [0.2, 0.25) is 11.8 Å². The van der Waals surface area contributed by atoms with Gasteiger partial charge in [-0.3, -0.25) is 14.4 Å². The van der Waals surface area contributed by atoms with Crippen LogP contribution in [0.3, 0.4) is 0 Å². The largest absolute Gasteiger partial charge is 0.480 e. The highest BCUT2D eigenvalue weighted by molar-refractivity contribution is 5.85. The van der Waals surface area contributed by atoms with Crippen LogP contribution in [-0.2, 0) is 19.2 Å². The minimum absolute atomic E-state index is 0.0800. The number of aliphatic carboxylic acids is 2. The lowest BCUT2D eigenvalue weighted by Gasteiger charge is -2.20. The van der Waals surface area contributed by atoms with Crippen LogP contribution in [-0.4, -0.2) is 63.8 Å². The first-order chi connectivity index (χ1) is 13.5. The smallest absolute Gasteiger partial charge is 0.326 e. The average molecular weight is 418 g/mol. The van der Waals surface area contributed by atoms with Crippen molar-refractivity contribution < 1.29 is 34.5 Å². The first kappa shape index (κ1) is 26.8. The van der Waals surface area contributed by atoms with Gasteiger partial charge in [-0.2, -0.15) is 0 Å². The highest BCUT2D eigenvalue weighted by Gasteiger charge is 2.24. The van der Waals surface area contributed by atoms with Gasteiger partial charge in [0.1, 0.15) is 12.1 Å². The lowest BCUT2D eigenvalue weighted by molar-refractivity contribution is -0.143. The average Bonchev–Trinajstić information content (AvgIpc) is 2.62. The van der Waals surface area contributed by atoms with E-state index in [4.69, 9.17) is 10.8 Å². The quantitative estimate of drug-likeness (QED) is 0.217. The second kappa shape index (κ2) is 13.9. The lowest BCUT2D eigenvalue weighted by atomic mass is 9.97. The van der Waals surface area contributed by atoms with Gasteiger partial charge in [-0.05, 0) is 38.0 Å². The predicted molar refractivity (Wildman–Crippen MR) is 106 cm³/mol. The van der Waals surface area contributed by atoms with Gasteiger partial charge >= 0.3 is 11.9 Å². The van der Waals surface area contributed by atoms with Crippen LogP contribution in [0.1, 0.15) is 59.3 Å². The second-order valence-electron chi connectivity index (χ2n) is 7.79. The van der Waals surface area contributed by atoms with E-state index in [9.17, 15) is 29.4 Å². The molecule has 168 valence electrons. The fraction of sp³-hybridized carbons (Fsp3) is 0.789. The van der Waals surface area contributed by atoms with Crippen molar-refractivity contribution in [3.05, 3.63) is 0 Å². The molecule has 0 radical (unpaired) electrons. The summed E-state index contributed by atoms with van der Waals surface area (Å²) in [5.74, 6) is -3.19. The Morgan fingerprint density at radius 3 is 2.03 bits per heavy atom. The SMILES string of the molecule is CC(C)C[C@H](C)C(=O)N[C@H](CCC(=O)N[C@H](CO)CCC[C@@H](N)C(=O)O)C(=O)O. The molecule has 0 aromatic carbocycles. The number of carboxylic acid groups (broad SMARTS) is 2. The van der Waals surface area contributed by atoms with Gasteiger partial charge in [-0.1, -0.05) is 20.8 Å². The van der Waals surface area contributed by atoms with E-state index >= 15 is 0 Å². The molecular formula is C19H35N3O7. The fourth-order valence-corrected chi connectivity index (χ4v) is 2.88. The molecule has 0 unspecified atom stereocenters. The van der Waals surface area contributed by atoms with Gasteiger partial charge in [-0.25, -0.2) is 4.79 Å². The van der Waals surface area contributed by atoms with E-state index < -0.39 is 36.0 Å². The van der Waals surface area contributed by atoms with E-state index in [1.807, 2.05) is 13.8 Å². The number of nitrogens with one attached hydrogen (secondary N) is 2. The number of hydrogen-bond donors (Lipinski definition) is 6. The molecule has 0 rings (SSSR count). The van der Waals surface area contributed by atoms with Crippen LogP contribution in [0.4, 0.5) is 0 Å². The molecule has 0 aliphatic heterocycles. The Kier molecular flexibility index (Phi) is 12.8. The van der Waals surface area contributed by atoms with Crippen molar-refractivity contribution >= 4 is 23.8 Å². The summed E-state index contributed by atoms with van der Waals surface area (Å²) in [5.41, 5.74) is 5.40. The Balaban J connectivity index is 4.47. The summed E-state index contributed by atoms with van der Waals surface area (Å²) in [6, 6.07) is -2.75. The lowest BCUT2D eigenvalue weighted by Crippen LogP contribution is -2.44. The van der Waals surface area contributed by atoms with E-state index in [-0.39, 0.29) is 37.7 Å². The van der Waals surface area contributed by atoms with Gasteiger partial charge in [0, 0.05) is 12.3 Å². The summed E-state index contributed by atoms with van der Waals surface area (Å²) in [7, 11) is 0. The Morgan fingerprint density at radius 2 is 1.55 bits per heavy atom. The van der Waals surface area contributed by atoms with E-state index in [0.29, 0.717) is 25.2 Å². The predicted octanol–water partition coefficient (Wildman–Crippen LogP) is 0.0775. The molecule has 0 aromatic heterocycles. The Hall–Kier alpha value is -2.20. The number of carbonyl (C=O) groups is 4. The van der Waals surface area contributed by atoms with Crippen molar-refractivity contribution in [2.45, 2.75) is 77.4 Å². The number of carboxylic acids is 2. The van der Waals surface area contributed by atoms with E-state index in [0.717, 1.165) is 0 Å². The third-order valence-electron chi connectivity index (χ3n) is 4.52. The molecule has 0 saturated heterocycles. The number of rotatable bonds is 15. The first-order valence-corrected chi connectivity index (χ1v) is 9.89. The summed E-state index contributed by atoms with van der Waals surface area (Å²) in [6.45, 7) is 5.33. The van der Waals surface area contributed by atoms with Crippen LogP contribution in [0.15, 0.2) is 0 Å². The van der Waals surface area contributed by atoms with Crippen molar-refractivity contribution in [1.82, 2.24) is 10.6 Å². The summed E-state index contributed by atoms with van der Waals surface area (Å²) >= 11 is 0. The van der Waals surface area contributed by atoms with Gasteiger partial charge < -0.3 is 31.7 Å². The number of nitrogens with two attached hydrogens (primary N) is 1. The summed E-state index contributed by atoms with van der Waals surface area (Å²) in [5, 5.41) is 32.4. The van der Waals surface area contributed by atoms with Gasteiger partial charge in [0.15, 0.2) is 0 Å². The van der Waals surface area contributed by atoms with Gasteiger partial charge in [-0.15, -0.1) is 0 Å². The summed E-state index contributed by atoms with van der Waals surface area (Å²) < 4.78 is 0. The zero-order valence-corrected chi connectivity index (χ0v) is 17.4. The van der Waals surface area contributed by atoms with E-state index in [2.05, 4.69) is 10.6 Å². The van der Waals surface area contributed by atoms with E-state index in [1.165, 1.54) is 0 Å². The fourth-order valence-electron chi connectivity index (χ4n) is 2.88. The normalized spacial score (nSPS) is 15.2. The number of amides is 2. The topological polar surface area (TPSA) is 179 Å². The Morgan fingerprint density at radius 1 is 0.931 bits per heavy atom. The van der Waals surface area contributed by atoms with Crippen LogP contribution in [0.25, 0.3) is 0 Å². The summed E-state index contributed by atoms with van der Waals surface area (Å²) in [6.07, 6.45) is 1.37.